The molecule has 0 rings (SSSR count). The van der Waals surface area contributed by atoms with Gasteiger partial charge in [0.15, 0.2) is 11.6 Å². The van der Waals surface area contributed by atoms with Gasteiger partial charge >= 0.3 is 29.4 Å². The average Bonchev–Trinajstić information content (AvgIpc) is 2.13. The zero-order chi connectivity index (χ0) is 16.7. The molecular formula is C10H8CuF6O4. The quantitative estimate of drug-likeness (QED) is 0.311. The summed E-state index contributed by atoms with van der Waals surface area (Å²) in [6.45, 7) is 1.76. The molecule has 0 spiro atoms. The molecule has 0 fully saturated rings. The summed E-state index contributed by atoms with van der Waals surface area (Å²) in [5.74, 6) is -6.02. The molecular weight excluding hydrogens is 362 g/mol. The fraction of sp³-hybridized carbons (Fsp3) is 0.400. The molecule has 0 saturated heterocycles. The Hall–Kier alpha value is -1.48. The first kappa shape index (κ1) is 24.5. The summed E-state index contributed by atoms with van der Waals surface area (Å²) in [6.07, 6.45) is -9.82. The number of carbonyl (C=O) groups excluding carboxylic acids is 2. The molecule has 4 nitrogen and oxygen atoms in total. The van der Waals surface area contributed by atoms with Gasteiger partial charge in [0, 0.05) is 0 Å². The van der Waals surface area contributed by atoms with Crippen LogP contribution in [0.2, 0.25) is 0 Å². The second-order valence-electron chi connectivity index (χ2n) is 3.23. The van der Waals surface area contributed by atoms with E-state index in [4.69, 9.17) is 0 Å². The Morgan fingerprint density at radius 1 is 0.762 bits per heavy atom. The van der Waals surface area contributed by atoms with E-state index in [1.54, 1.807) is 0 Å². The maximum absolute atomic E-state index is 11.3. The zero-order valence-corrected chi connectivity index (χ0v) is 11.3. The number of halogens is 6. The third-order valence-corrected chi connectivity index (χ3v) is 1.23. The van der Waals surface area contributed by atoms with Crippen molar-refractivity contribution in [2.75, 3.05) is 0 Å². The van der Waals surface area contributed by atoms with Gasteiger partial charge in [0.25, 0.3) is 0 Å². The van der Waals surface area contributed by atoms with Crippen LogP contribution in [0.1, 0.15) is 13.8 Å². The van der Waals surface area contributed by atoms with Gasteiger partial charge in [-0.25, -0.2) is 0 Å². The molecule has 21 heavy (non-hydrogen) atoms. The van der Waals surface area contributed by atoms with Gasteiger partial charge in [-0.3, -0.25) is 9.59 Å². The van der Waals surface area contributed by atoms with Crippen LogP contribution in [-0.2, 0) is 26.7 Å². The summed E-state index contributed by atoms with van der Waals surface area (Å²) in [5, 5.41) is 19.7. The van der Waals surface area contributed by atoms with Gasteiger partial charge in [-0.15, -0.1) is 0 Å². The zero-order valence-electron chi connectivity index (χ0n) is 10.4. The molecule has 0 N–H and O–H groups in total. The van der Waals surface area contributed by atoms with Crippen molar-refractivity contribution >= 4 is 11.6 Å². The fourth-order valence-corrected chi connectivity index (χ4v) is 0.533. The van der Waals surface area contributed by atoms with Crippen molar-refractivity contribution < 1.29 is 63.2 Å². The van der Waals surface area contributed by atoms with Gasteiger partial charge < -0.3 is 10.2 Å². The summed E-state index contributed by atoms with van der Waals surface area (Å²) in [4.78, 5) is 19.8. The Morgan fingerprint density at radius 2 is 0.952 bits per heavy atom. The van der Waals surface area contributed by atoms with E-state index in [0.29, 0.717) is 0 Å². The minimum absolute atomic E-state index is 0. The normalized spacial score (nSPS) is 12.8. The van der Waals surface area contributed by atoms with Crippen molar-refractivity contribution in [1.29, 1.82) is 0 Å². The Balaban J connectivity index is -0.000000295. The van der Waals surface area contributed by atoms with Crippen molar-refractivity contribution in [3.05, 3.63) is 23.7 Å². The van der Waals surface area contributed by atoms with Crippen LogP contribution in [0.5, 0.6) is 0 Å². The van der Waals surface area contributed by atoms with Crippen LogP contribution in [0.25, 0.3) is 0 Å². The van der Waals surface area contributed by atoms with E-state index in [0.717, 1.165) is 13.8 Å². The molecule has 125 valence electrons. The molecule has 0 aliphatic heterocycles. The molecule has 0 aliphatic rings. The number of carbonyl (C=O) groups is 2. The summed E-state index contributed by atoms with van der Waals surface area (Å²) in [5.41, 5.74) is 0. The van der Waals surface area contributed by atoms with Gasteiger partial charge in [-0.1, -0.05) is 0 Å². The van der Waals surface area contributed by atoms with E-state index in [2.05, 4.69) is 0 Å². The molecule has 0 aromatic carbocycles. The maximum Gasteiger partial charge on any atom is 2.00 e. The molecule has 0 aliphatic carbocycles. The molecule has 0 atom stereocenters. The van der Waals surface area contributed by atoms with Crippen molar-refractivity contribution in [2.24, 2.45) is 0 Å². The number of rotatable bonds is 2. The van der Waals surface area contributed by atoms with Crippen LogP contribution >= 0.6 is 0 Å². The average molecular weight is 370 g/mol. The Kier molecular flexibility index (Phi) is 11.0. The van der Waals surface area contributed by atoms with E-state index >= 15 is 0 Å². The van der Waals surface area contributed by atoms with Crippen LogP contribution < -0.4 is 10.2 Å². The van der Waals surface area contributed by atoms with Gasteiger partial charge in [0.05, 0.1) is 0 Å². The summed E-state index contributed by atoms with van der Waals surface area (Å²) >= 11 is 0. The molecule has 0 heterocycles. The fourth-order valence-electron chi connectivity index (χ4n) is 0.533. The van der Waals surface area contributed by atoms with Gasteiger partial charge in [-0.05, 0) is 37.5 Å². The predicted octanol–water partition coefficient (Wildman–Crippen LogP) is 0.761. The first-order valence-electron chi connectivity index (χ1n) is 4.61. The maximum atomic E-state index is 11.3. The summed E-state index contributed by atoms with van der Waals surface area (Å²) in [7, 11) is 0. The third kappa shape index (κ3) is 14.7. The number of allylic oxidation sites excluding steroid dienone is 4. The molecule has 0 saturated carbocycles. The minimum atomic E-state index is -4.92. The number of ketones is 2. The second-order valence-corrected chi connectivity index (χ2v) is 3.23. The van der Waals surface area contributed by atoms with Crippen molar-refractivity contribution in [3.63, 3.8) is 0 Å². The smallest absolute Gasteiger partial charge is 0.869 e. The van der Waals surface area contributed by atoms with Crippen molar-refractivity contribution in [1.82, 2.24) is 0 Å². The van der Waals surface area contributed by atoms with Gasteiger partial charge in [-0.2, -0.15) is 26.3 Å². The Bertz CT molecular complexity index is 382. The SMILES string of the molecule is CC(=O)C=C([O-])C(F)(F)F.CC(=O)C=C([O-])C(F)(F)F.[Cu+2]. The summed E-state index contributed by atoms with van der Waals surface area (Å²) in [6, 6.07) is 0. The number of hydrogen-bond acceptors (Lipinski definition) is 4. The topological polar surface area (TPSA) is 80.3 Å². The first-order valence-corrected chi connectivity index (χ1v) is 4.61. The largest absolute Gasteiger partial charge is 2.00 e. The first-order chi connectivity index (χ1) is 8.67. The van der Waals surface area contributed by atoms with E-state index in [9.17, 15) is 46.1 Å². The molecule has 11 heteroatoms. The van der Waals surface area contributed by atoms with Crippen LogP contribution in [0, 0.1) is 0 Å². The van der Waals surface area contributed by atoms with E-state index in [-0.39, 0.29) is 29.2 Å². The molecule has 0 unspecified atom stereocenters. The van der Waals surface area contributed by atoms with Gasteiger partial charge in [0.2, 0.25) is 0 Å². The summed E-state index contributed by atoms with van der Waals surface area (Å²) < 4.78 is 67.7. The number of alkyl halides is 6. The number of hydrogen-bond donors (Lipinski definition) is 0. The van der Waals surface area contributed by atoms with Crippen LogP contribution in [0.4, 0.5) is 26.3 Å². The predicted molar refractivity (Wildman–Crippen MR) is 49.6 cm³/mol. The molecule has 0 aromatic heterocycles. The van der Waals surface area contributed by atoms with E-state index in [1.165, 1.54) is 0 Å². The molecule has 1 radical (unpaired) electrons. The Labute approximate surface area is 125 Å². The minimum Gasteiger partial charge on any atom is -0.869 e. The third-order valence-electron chi connectivity index (χ3n) is 1.23. The van der Waals surface area contributed by atoms with E-state index in [1.807, 2.05) is 0 Å². The van der Waals surface area contributed by atoms with Crippen molar-refractivity contribution in [2.45, 2.75) is 26.2 Å². The van der Waals surface area contributed by atoms with Crippen LogP contribution in [0.15, 0.2) is 23.7 Å². The second kappa shape index (κ2) is 9.45. The molecule has 0 bridgehead atoms. The standard InChI is InChI=1S/2C5H5F3O2.Cu/c2*1-3(9)2-4(10)5(6,7)8;/h2*2,10H,1H3;/q;;+2/p-2. The van der Waals surface area contributed by atoms with Gasteiger partial charge in [0.1, 0.15) is 0 Å². The Morgan fingerprint density at radius 3 is 1.00 bits per heavy atom. The molecule has 0 amide bonds. The van der Waals surface area contributed by atoms with Crippen molar-refractivity contribution in [3.8, 4) is 0 Å². The molecule has 0 aromatic rings. The van der Waals surface area contributed by atoms with E-state index < -0.39 is 35.4 Å². The van der Waals surface area contributed by atoms with Crippen LogP contribution in [-0.4, -0.2) is 23.9 Å². The monoisotopic (exact) mass is 369 g/mol. The van der Waals surface area contributed by atoms with Crippen LogP contribution in [0.3, 0.4) is 0 Å².